The number of fused-ring (bicyclic) bond motifs is 2. The molecule has 0 bridgehead atoms. The van der Waals surface area contributed by atoms with Crippen molar-refractivity contribution in [3.63, 3.8) is 0 Å². The third-order valence-corrected chi connectivity index (χ3v) is 7.22. The van der Waals surface area contributed by atoms with E-state index in [0.29, 0.717) is 16.4 Å². The summed E-state index contributed by atoms with van der Waals surface area (Å²) in [6.45, 7) is 0.490. The molecule has 0 saturated carbocycles. The fourth-order valence-electron chi connectivity index (χ4n) is 3.61. The Bertz CT molecular complexity index is 1320. The number of hydrogen-bond donors (Lipinski definition) is 1. The Labute approximate surface area is 204 Å². The highest BCUT2D eigenvalue weighted by Gasteiger charge is 2.34. The van der Waals surface area contributed by atoms with Gasteiger partial charge in [-0.2, -0.15) is 0 Å². The summed E-state index contributed by atoms with van der Waals surface area (Å²) in [6, 6.07) is 19.5. The summed E-state index contributed by atoms with van der Waals surface area (Å²) in [5.41, 5.74) is 0.744. The van der Waals surface area contributed by atoms with Crippen LogP contribution in [0, 0.1) is 0 Å². The molecule has 0 spiro atoms. The van der Waals surface area contributed by atoms with Crippen LogP contribution in [0.5, 0.6) is 11.5 Å². The number of rotatable bonds is 7. The molecule has 0 unspecified atom stereocenters. The number of carbonyl (C=O) groups is 3. The zero-order valence-corrected chi connectivity index (χ0v) is 19.6. The van der Waals surface area contributed by atoms with Crippen molar-refractivity contribution in [2.75, 3.05) is 25.6 Å². The normalized spacial score (nSPS) is 16.0. The first kappa shape index (κ1) is 22.4. The van der Waals surface area contributed by atoms with Crippen molar-refractivity contribution >= 4 is 57.4 Å². The fraction of sp³-hybridized carbons (Fsp3) is 0.160. The van der Waals surface area contributed by atoms with Gasteiger partial charge in [0.25, 0.3) is 11.1 Å². The van der Waals surface area contributed by atoms with Crippen molar-refractivity contribution in [2.45, 2.75) is 4.90 Å². The molecule has 1 fully saturated rings. The van der Waals surface area contributed by atoms with Crippen molar-refractivity contribution in [3.8, 4) is 11.5 Å². The van der Waals surface area contributed by atoms with Crippen LogP contribution in [0.25, 0.3) is 16.8 Å². The number of amides is 3. The van der Waals surface area contributed by atoms with E-state index in [-0.39, 0.29) is 42.7 Å². The van der Waals surface area contributed by atoms with Crippen LogP contribution in [0.3, 0.4) is 0 Å². The first-order valence-corrected chi connectivity index (χ1v) is 12.4. The highest BCUT2D eigenvalue weighted by atomic mass is 32.2. The Hall–Kier alpha value is -3.43. The Morgan fingerprint density at radius 2 is 1.85 bits per heavy atom. The van der Waals surface area contributed by atoms with Gasteiger partial charge in [0.05, 0.1) is 10.7 Å². The summed E-state index contributed by atoms with van der Waals surface area (Å²) in [4.78, 5) is 39.8. The summed E-state index contributed by atoms with van der Waals surface area (Å²) in [7, 11) is 0. The van der Waals surface area contributed by atoms with E-state index in [1.165, 1.54) is 11.8 Å². The number of benzene rings is 3. The smallest absolute Gasteiger partial charge is 0.293 e. The van der Waals surface area contributed by atoms with Gasteiger partial charge in [-0.05, 0) is 58.4 Å². The first-order chi connectivity index (χ1) is 16.6. The molecule has 2 aliphatic rings. The molecule has 3 aromatic rings. The van der Waals surface area contributed by atoms with Gasteiger partial charge in [-0.15, -0.1) is 11.8 Å². The third-order valence-electron chi connectivity index (χ3n) is 5.32. The second-order valence-corrected chi connectivity index (χ2v) is 9.64. The summed E-state index contributed by atoms with van der Waals surface area (Å²) in [5, 5.41) is 4.72. The van der Waals surface area contributed by atoms with Gasteiger partial charge in [-0.1, -0.05) is 36.4 Å². The Kier molecular flexibility index (Phi) is 6.46. The molecular weight excluding hydrogens is 472 g/mol. The summed E-state index contributed by atoms with van der Waals surface area (Å²) < 4.78 is 10.6. The number of carbonyl (C=O) groups excluding carboxylic acids is 3. The molecule has 2 heterocycles. The molecule has 3 amide bonds. The van der Waals surface area contributed by atoms with E-state index in [2.05, 4.69) is 11.4 Å². The molecule has 5 rings (SSSR count). The van der Waals surface area contributed by atoms with Gasteiger partial charge in [0.2, 0.25) is 12.7 Å². The van der Waals surface area contributed by atoms with E-state index in [9.17, 15) is 14.4 Å². The quantitative estimate of drug-likeness (QED) is 0.384. The predicted molar refractivity (Wildman–Crippen MR) is 133 cm³/mol. The average Bonchev–Trinajstić information content (AvgIpc) is 3.42. The van der Waals surface area contributed by atoms with Crippen LogP contribution < -0.4 is 14.8 Å². The molecule has 172 valence electrons. The number of hydrogen-bond acceptors (Lipinski definition) is 7. The number of thioether (sulfide) groups is 2. The first-order valence-electron chi connectivity index (χ1n) is 10.6. The lowest BCUT2D eigenvalue weighted by atomic mass is 10.1. The topological polar surface area (TPSA) is 84.9 Å². The molecule has 0 atom stereocenters. The molecule has 0 aromatic heterocycles. The summed E-state index contributed by atoms with van der Waals surface area (Å²) in [6.07, 6.45) is 1.66. The lowest BCUT2D eigenvalue weighted by Crippen LogP contribution is -2.37. The molecule has 2 aliphatic heterocycles. The van der Waals surface area contributed by atoms with Gasteiger partial charge in [0.1, 0.15) is 0 Å². The molecule has 1 N–H and O–H groups in total. The van der Waals surface area contributed by atoms with E-state index >= 15 is 0 Å². The van der Waals surface area contributed by atoms with E-state index in [1.54, 1.807) is 24.3 Å². The Balaban J connectivity index is 1.11. The number of nitrogens with one attached hydrogen (secondary N) is 1. The third kappa shape index (κ3) is 4.90. The Morgan fingerprint density at radius 1 is 1.03 bits per heavy atom. The van der Waals surface area contributed by atoms with Gasteiger partial charge in [-0.3, -0.25) is 19.3 Å². The van der Waals surface area contributed by atoms with E-state index in [1.807, 2.05) is 36.4 Å². The lowest BCUT2D eigenvalue weighted by Gasteiger charge is -2.13. The largest absolute Gasteiger partial charge is 0.454 e. The minimum absolute atomic E-state index is 0.121. The maximum Gasteiger partial charge on any atom is 0.293 e. The minimum Gasteiger partial charge on any atom is -0.454 e. The maximum absolute atomic E-state index is 12.7. The molecular formula is C25H20N2O5S2. The van der Waals surface area contributed by atoms with Crippen LogP contribution in [0.1, 0.15) is 5.56 Å². The van der Waals surface area contributed by atoms with Crippen molar-refractivity contribution in [3.05, 3.63) is 71.1 Å². The summed E-state index contributed by atoms with van der Waals surface area (Å²) in [5.74, 6) is 0.995. The van der Waals surface area contributed by atoms with Crippen LogP contribution in [-0.2, 0) is 9.59 Å². The van der Waals surface area contributed by atoms with Crippen LogP contribution in [0.2, 0.25) is 0 Å². The molecule has 9 heteroatoms. The maximum atomic E-state index is 12.7. The van der Waals surface area contributed by atoms with E-state index in [0.717, 1.165) is 37.9 Å². The van der Waals surface area contributed by atoms with Gasteiger partial charge in [0, 0.05) is 18.0 Å². The number of ether oxygens (including phenoxy) is 2. The van der Waals surface area contributed by atoms with Crippen LogP contribution in [-0.4, -0.2) is 47.6 Å². The number of imide groups is 1. The van der Waals surface area contributed by atoms with Crippen molar-refractivity contribution in [2.24, 2.45) is 0 Å². The van der Waals surface area contributed by atoms with Crippen molar-refractivity contribution in [1.29, 1.82) is 0 Å². The fourth-order valence-corrected chi connectivity index (χ4v) is 5.25. The van der Waals surface area contributed by atoms with E-state index < -0.39 is 0 Å². The summed E-state index contributed by atoms with van der Waals surface area (Å²) >= 11 is 2.33. The average molecular weight is 493 g/mol. The van der Waals surface area contributed by atoms with Gasteiger partial charge in [0.15, 0.2) is 11.5 Å². The van der Waals surface area contributed by atoms with Gasteiger partial charge < -0.3 is 14.8 Å². The number of nitrogens with zero attached hydrogens (tertiary/aromatic N) is 1. The standard InChI is InChI=1S/C25H20N2O5S2/c28-23(14-33-19-7-6-17-3-1-2-4-18(17)13-19)26-9-10-27-24(29)22(34-25(27)30)12-16-5-8-20-21(11-16)32-15-31-20/h1-8,11-13H,9-10,14-15H2,(H,26,28). The monoisotopic (exact) mass is 492 g/mol. The Morgan fingerprint density at radius 3 is 2.74 bits per heavy atom. The molecule has 7 nitrogen and oxygen atoms in total. The molecule has 34 heavy (non-hydrogen) atoms. The van der Waals surface area contributed by atoms with Gasteiger partial charge in [-0.25, -0.2) is 0 Å². The highest BCUT2D eigenvalue weighted by Crippen LogP contribution is 2.36. The van der Waals surface area contributed by atoms with Gasteiger partial charge >= 0.3 is 0 Å². The lowest BCUT2D eigenvalue weighted by molar-refractivity contribution is -0.123. The van der Waals surface area contributed by atoms with Crippen molar-refractivity contribution in [1.82, 2.24) is 10.2 Å². The van der Waals surface area contributed by atoms with Crippen LogP contribution in [0.15, 0.2) is 70.5 Å². The minimum atomic E-state index is -0.368. The second kappa shape index (κ2) is 9.82. The highest BCUT2D eigenvalue weighted by molar-refractivity contribution is 8.18. The molecule has 1 saturated heterocycles. The van der Waals surface area contributed by atoms with E-state index in [4.69, 9.17) is 9.47 Å². The second-order valence-electron chi connectivity index (χ2n) is 7.59. The molecule has 0 aliphatic carbocycles. The SMILES string of the molecule is O=C(CSc1ccc2ccccc2c1)NCCN1C(=O)SC(=Cc2ccc3c(c2)OCO3)C1=O. The molecule has 0 radical (unpaired) electrons. The van der Waals surface area contributed by atoms with Crippen LogP contribution in [0.4, 0.5) is 4.79 Å². The zero-order chi connectivity index (χ0) is 23.5. The molecule has 3 aromatic carbocycles. The predicted octanol–water partition coefficient (Wildman–Crippen LogP) is 4.51. The van der Waals surface area contributed by atoms with Crippen LogP contribution >= 0.6 is 23.5 Å². The van der Waals surface area contributed by atoms with Crippen molar-refractivity contribution < 1.29 is 23.9 Å². The zero-order valence-electron chi connectivity index (χ0n) is 18.0.